The number of hydrogen-bond donors (Lipinski definition) is 2. The van der Waals surface area contributed by atoms with Crippen LogP contribution in [-0.2, 0) is 24.1 Å². The van der Waals surface area contributed by atoms with E-state index < -0.39 is 0 Å². The van der Waals surface area contributed by atoms with Crippen LogP contribution < -0.4 is 16.0 Å². The lowest BCUT2D eigenvalue weighted by atomic mass is 9.89. The van der Waals surface area contributed by atoms with E-state index in [-0.39, 0.29) is 0 Å². The number of aromatic nitrogens is 1. The Hall–Kier alpha value is -1.99. The Morgan fingerprint density at radius 2 is 2.00 bits per heavy atom. The van der Waals surface area contributed by atoms with E-state index in [9.17, 15) is 0 Å². The van der Waals surface area contributed by atoms with Crippen LogP contribution in [0, 0.1) is 0 Å². The van der Waals surface area contributed by atoms with Crippen LogP contribution in [-0.4, -0.2) is 61.9 Å². The Kier molecular flexibility index (Phi) is 7.57. The van der Waals surface area contributed by atoms with Crippen LogP contribution in [0.4, 0.5) is 5.69 Å². The van der Waals surface area contributed by atoms with E-state index in [2.05, 4.69) is 45.4 Å². The highest BCUT2D eigenvalue weighted by atomic mass is 16.5. The van der Waals surface area contributed by atoms with Gasteiger partial charge < -0.3 is 20.7 Å². The molecule has 0 radical (unpaired) electrons. The fourth-order valence-electron chi connectivity index (χ4n) is 5.88. The standard InChI is InChI=1S/C27H39N5O/c28-11-1-2-13-32(26-10-3-6-21-8-5-12-29-27(21)26)20-23-18-24-22(19-30-23)7-4-9-25(24)31-14-16-33-17-15-31/h4-5,7-9,12,23,26,30H,1-3,6,10-11,13-20,28H2/t23-,26+/m1/s1. The molecule has 2 aliphatic heterocycles. The number of rotatable bonds is 8. The third-order valence-corrected chi connectivity index (χ3v) is 7.59. The molecule has 2 aromatic rings. The molecule has 0 amide bonds. The molecule has 1 fully saturated rings. The molecular formula is C27H39N5O. The average molecular weight is 450 g/mol. The normalized spacial score (nSPS) is 22.8. The quantitative estimate of drug-likeness (QED) is 0.604. The van der Waals surface area contributed by atoms with Crippen LogP contribution >= 0.6 is 0 Å². The van der Waals surface area contributed by atoms with Crippen molar-refractivity contribution in [3.05, 3.63) is 58.9 Å². The maximum absolute atomic E-state index is 5.84. The topological polar surface area (TPSA) is 66.7 Å². The first-order valence-electron chi connectivity index (χ1n) is 12.9. The van der Waals surface area contributed by atoms with Crippen molar-refractivity contribution < 1.29 is 4.74 Å². The first-order chi connectivity index (χ1) is 16.3. The van der Waals surface area contributed by atoms with Crippen LogP contribution in [0.15, 0.2) is 36.5 Å². The van der Waals surface area contributed by atoms with Crippen LogP contribution in [0.3, 0.4) is 0 Å². The van der Waals surface area contributed by atoms with Crippen molar-refractivity contribution in [2.24, 2.45) is 5.73 Å². The summed E-state index contributed by atoms with van der Waals surface area (Å²) in [5, 5.41) is 3.86. The van der Waals surface area contributed by atoms with E-state index in [1.165, 1.54) is 40.9 Å². The second-order valence-electron chi connectivity index (χ2n) is 9.74. The fraction of sp³-hybridized carbons (Fsp3) is 0.593. The van der Waals surface area contributed by atoms with E-state index in [1.54, 1.807) is 0 Å². The maximum atomic E-state index is 5.84. The Balaban J connectivity index is 1.35. The Morgan fingerprint density at radius 1 is 1.12 bits per heavy atom. The number of ether oxygens (including phenoxy) is 1. The molecule has 0 saturated carbocycles. The van der Waals surface area contributed by atoms with Crippen molar-refractivity contribution in [3.63, 3.8) is 0 Å². The number of morpholine rings is 1. The van der Waals surface area contributed by atoms with Gasteiger partial charge in [-0.05, 0) is 80.4 Å². The Bertz CT molecular complexity index is 913. The van der Waals surface area contributed by atoms with E-state index in [1.807, 2.05) is 6.20 Å². The third-order valence-electron chi connectivity index (χ3n) is 7.59. The van der Waals surface area contributed by atoms with Gasteiger partial charge in [0.2, 0.25) is 0 Å². The third kappa shape index (κ3) is 5.24. The summed E-state index contributed by atoms with van der Waals surface area (Å²) >= 11 is 0. The number of fused-ring (bicyclic) bond motifs is 2. The zero-order valence-electron chi connectivity index (χ0n) is 19.8. The van der Waals surface area contributed by atoms with Crippen molar-refractivity contribution in [2.45, 2.75) is 57.2 Å². The minimum absolute atomic E-state index is 0.422. The monoisotopic (exact) mass is 449 g/mol. The molecule has 6 heteroatoms. The van der Waals surface area contributed by atoms with E-state index in [4.69, 9.17) is 15.5 Å². The summed E-state index contributed by atoms with van der Waals surface area (Å²) in [6.07, 6.45) is 8.90. The van der Waals surface area contributed by atoms with Gasteiger partial charge in [0.05, 0.1) is 24.9 Å². The van der Waals surface area contributed by atoms with Gasteiger partial charge in [-0.2, -0.15) is 0 Å². The summed E-state index contributed by atoms with van der Waals surface area (Å²) in [5.41, 5.74) is 13.0. The van der Waals surface area contributed by atoms with Crippen LogP contribution in [0.25, 0.3) is 0 Å². The molecule has 1 aliphatic carbocycles. The summed E-state index contributed by atoms with van der Waals surface area (Å²) in [5.74, 6) is 0. The smallest absolute Gasteiger partial charge is 0.0642 e. The van der Waals surface area contributed by atoms with Crippen LogP contribution in [0.2, 0.25) is 0 Å². The van der Waals surface area contributed by atoms with Gasteiger partial charge in [0, 0.05) is 44.1 Å². The number of nitrogens with one attached hydrogen (secondary N) is 1. The molecular weight excluding hydrogens is 410 g/mol. The zero-order valence-corrected chi connectivity index (χ0v) is 19.8. The number of unbranched alkanes of at least 4 members (excludes halogenated alkanes) is 1. The number of nitrogens with two attached hydrogens (primary N) is 1. The van der Waals surface area contributed by atoms with E-state index in [0.29, 0.717) is 12.1 Å². The summed E-state index contributed by atoms with van der Waals surface area (Å²) in [7, 11) is 0. The molecule has 3 heterocycles. The van der Waals surface area contributed by atoms with Gasteiger partial charge in [-0.1, -0.05) is 18.2 Å². The predicted molar refractivity (Wildman–Crippen MR) is 134 cm³/mol. The summed E-state index contributed by atoms with van der Waals surface area (Å²) in [4.78, 5) is 10.1. The highest BCUT2D eigenvalue weighted by Crippen LogP contribution is 2.34. The number of hydrogen-bond acceptors (Lipinski definition) is 6. The molecule has 0 unspecified atom stereocenters. The molecule has 33 heavy (non-hydrogen) atoms. The SMILES string of the molecule is NCCCCN(C[C@H]1Cc2c(cccc2N2CCOCC2)CN1)[C@H]1CCCc2cccnc21. The average Bonchev–Trinajstić information content (AvgIpc) is 2.88. The van der Waals surface area contributed by atoms with Crippen molar-refractivity contribution in [3.8, 4) is 0 Å². The van der Waals surface area contributed by atoms with Crippen LogP contribution in [0.1, 0.15) is 54.1 Å². The lowest BCUT2D eigenvalue weighted by Gasteiger charge is -2.39. The number of aryl methyl sites for hydroxylation is 1. The zero-order chi connectivity index (χ0) is 22.5. The van der Waals surface area contributed by atoms with Crippen molar-refractivity contribution in [2.75, 3.05) is 50.8 Å². The number of benzene rings is 1. The Morgan fingerprint density at radius 3 is 2.88 bits per heavy atom. The molecule has 1 aromatic carbocycles. The first-order valence-corrected chi connectivity index (χ1v) is 12.9. The Labute approximate surface area is 198 Å². The lowest BCUT2D eigenvalue weighted by molar-refractivity contribution is 0.122. The summed E-state index contributed by atoms with van der Waals surface area (Å²) in [6, 6.07) is 12.1. The van der Waals surface area contributed by atoms with Crippen LogP contribution in [0.5, 0.6) is 0 Å². The molecule has 1 saturated heterocycles. The lowest BCUT2D eigenvalue weighted by Crippen LogP contribution is -2.47. The largest absolute Gasteiger partial charge is 0.378 e. The first kappa shape index (κ1) is 22.8. The van der Waals surface area contributed by atoms with Crippen molar-refractivity contribution in [1.82, 2.24) is 15.2 Å². The van der Waals surface area contributed by atoms with Gasteiger partial charge in [-0.15, -0.1) is 0 Å². The molecule has 0 spiro atoms. The van der Waals surface area contributed by atoms with Gasteiger partial charge in [-0.25, -0.2) is 0 Å². The summed E-state index contributed by atoms with van der Waals surface area (Å²) < 4.78 is 5.61. The molecule has 0 bridgehead atoms. The molecule has 6 nitrogen and oxygen atoms in total. The van der Waals surface area contributed by atoms with Gasteiger partial charge in [0.25, 0.3) is 0 Å². The van der Waals surface area contributed by atoms with Gasteiger partial charge in [0.15, 0.2) is 0 Å². The highest BCUT2D eigenvalue weighted by molar-refractivity contribution is 5.58. The van der Waals surface area contributed by atoms with Gasteiger partial charge in [-0.3, -0.25) is 9.88 Å². The molecule has 178 valence electrons. The molecule has 2 atom stereocenters. The van der Waals surface area contributed by atoms with Gasteiger partial charge >= 0.3 is 0 Å². The molecule has 3 aliphatic rings. The fourth-order valence-corrected chi connectivity index (χ4v) is 5.88. The van der Waals surface area contributed by atoms with Gasteiger partial charge in [0.1, 0.15) is 0 Å². The molecule has 5 rings (SSSR count). The summed E-state index contributed by atoms with van der Waals surface area (Å²) in [6.45, 7) is 7.51. The van der Waals surface area contributed by atoms with E-state index >= 15 is 0 Å². The van der Waals surface area contributed by atoms with Crippen molar-refractivity contribution in [1.29, 1.82) is 0 Å². The van der Waals surface area contributed by atoms with Crippen molar-refractivity contribution >= 4 is 5.69 Å². The number of nitrogens with zero attached hydrogens (tertiary/aromatic N) is 3. The van der Waals surface area contributed by atoms with E-state index in [0.717, 1.165) is 78.2 Å². The number of anilines is 1. The predicted octanol–water partition coefficient (Wildman–Crippen LogP) is 3.05. The number of pyridine rings is 1. The molecule has 3 N–H and O–H groups in total. The maximum Gasteiger partial charge on any atom is 0.0642 e. The highest BCUT2D eigenvalue weighted by Gasteiger charge is 2.30. The second-order valence-corrected chi connectivity index (χ2v) is 9.74. The molecule has 1 aromatic heterocycles. The second kappa shape index (κ2) is 11.0. The minimum atomic E-state index is 0.422. The minimum Gasteiger partial charge on any atom is -0.378 e.